The summed E-state index contributed by atoms with van der Waals surface area (Å²) in [6.07, 6.45) is 0.610. The molecule has 0 aromatic rings. The molecule has 0 aliphatic carbocycles. The van der Waals surface area contributed by atoms with Crippen LogP contribution in [0.1, 0.15) is 27.2 Å². The number of hydrogen-bond acceptors (Lipinski definition) is 3. The Morgan fingerprint density at radius 3 is 2.53 bits per heavy atom. The van der Waals surface area contributed by atoms with E-state index in [0.717, 1.165) is 19.5 Å². The van der Waals surface area contributed by atoms with E-state index in [2.05, 4.69) is 0 Å². The Morgan fingerprint density at radius 2 is 1.94 bits per heavy atom. The summed E-state index contributed by atoms with van der Waals surface area (Å²) in [5.74, 6) is 0. The van der Waals surface area contributed by atoms with Crippen LogP contribution < -0.4 is 0 Å². The van der Waals surface area contributed by atoms with E-state index in [0.29, 0.717) is 19.6 Å². The van der Waals surface area contributed by atoms with Crippen molar-refractivity contribution in [2.24, 2.45) is 0 Å². The van der Waals surface area contributed by atoms with Crippen molar-refractivity contribution in [1.82, 2.24) is 9.80 Å². The molecule has 1 amide bonds. The van der Waals surface area contributed by atoms with Crippen LogP contribution in [0.15, 0.2) is 0 Å². The molecule has 0 N–H and O–H groups in total. The lowest BCUT2D eigenvalue weighted by Gasteiger charge is -2.26. The van der Waals surface area contributed by atoms with Gasteiger partial charge in [0.25, 0.3) is 0 Å². The molecule has 0 aromatic heterocycles. The molecule has 0 unspecified atom stereocenters. The zero-order valence-corrected chi connectivity index (χ0v) is 11.0. The largest absolute Gasteiger partial charge is 0.444 e. The Morgan fingerprint density at radius 1 is 1.24 bits per heavy atom. The smallest absolute Gasteiger partial charge is 0.410 e. The van der Waals surface area contributed by atoms with E-state index in [9.17, 15) is 9.18 Å². The first-order valence-corrected chi connectivity index (χ1v) is 6.18. The van der Waals surface area contributed by atoms with Gasteiger partial charge in [-0.1, -0.05) is 0 Å². The molecule has 1 saturated heterocycles. The van der Waals surface area contributed by atoms with Gasteiger partial charge in [0.05, 0.1) is 0 Å². The number of halogens is 1. The van der Waals surface area contributed by atoms with Crippen LogP contribution in [0.4, 0.5) is 9.18 Å². The van der Waals surface area contributed by atoms with Crippen LogP contribution in [-0.2, 0) is 4.74 Å². The van der Waals surface area contributed by atoms with Gasteiger partial charge in [-0.2, -0.15) is 0 Å². The Labute approximate surface area is 103 Å². The van der Waals surface area contributed by atoms with Gasteiger partial charge < -0.3 is 9.64 Å². The van der Waals surface area contributed by atoms with Crippen LogP contribution in [0, 0.1) is 0 Å². The molecule has 1 fully saturated rings. The fraction of sp³-hybridized carbons (Fsp3) is 0.917. The van der Waals surface area contributed by atoms with Crippen LogP contribution in [0.3, 0.4) is 0 Å². The fourth-order valence-electron chi connectivity index (χ4n) is 1.82. The molecule has 17 heavy (non-hydrogen) atoms. The van der Waals surface area contributed by atoms with Crippen LogP contribution in [0.2, 0.25) is 0 Å². The molecule has 0 saturated carbocycles. The fourth-order valence-corrected chi connectivity index (χ4v) is 1.82. The number of nitrogens with zero attached hydrogens (tertiary/aromatic N) is 2. The molecule has 0 spiro atoms. The number of alkyl halides is 1. The minimum atomic E-state index is -0.456. The molecule has 100 valence electrons. The van der Waals surface area contributed by atoms with Crippen molar-refractivity contribution in [3.63, 3.8) is 0 Å². The highest BCUT2D eigenvalue weighted by Crippen LogP contribution is 2.11. The predicted molar refractivity (Wildman–Crippen MR) is 64.8 cm³/mol. The summed E-state index contributed by atoms with van der Waals surface area (Å²) < 4.78 is 17.6. The quantitative estimate of drug-likeness (QED) is 0.746. The SMILES string of the molecule is CC(C)(C)OC(=O)N1CCCN(CCF)CC1. The molecule has 1 rings (SSSR count). The summed E-state index contributed by atoms with van der Waals surface area (Å²) >= 11 is 0. The highest BCUT2D eigenvalue weighted by atomic mass is 19.1. The maximum atomic E-state index is 12.2. The first-order valence-electron chi connectivity index (χ1n) is 6.18. The van der Waals surface area contributed by atoms with Gasteiger partial charge in [0.15, 0.2) is 0 Å². The van der Waals surface area contributed by atoms with Crippen molar-refractivity contribution >= 4 is 6.09 Å². The van der Waals surface area contributed by atoms with Crippen LogP contribution in [0.25, 0.3) is 0 Å². The maximum absolute atomic E-state index is 12.2. The highest BCUT2D eigenvalue weighted by Gasteiger charge is 2.24. The Bertz CT molecular complexity index is 253. The third kappa shape index (κ3) is 5.35. The second kappa shape index (κ2) is 6.19. The second-order valence-electron chi connectivity index (χ2n) is 5.35. The van der Waals surface area contributed by atoms with Crippen LogP contribution in [-0.4, -0.2) is 60.9 Å². The summed E-state index contributed by atoms with van der Waals surface area (Å²) in [6, 6.07) is 0. The molecule has 1 heterocycles. The topological polar surface area (TPSA) is 32.8 Å². The minimum absolute atomic E-state index is 0.264. The van der Waals surface area contributed by atoms with E-state index >= 15 is 0 Å². The highest BCUT2D eigenvalue weighted by molar-refractivity contribution is 5.68. The third-order valence-electron chi connectivity index (χ3n) is 2.64. The lowest BCUT2D eigenvalue weighted by atomic mass is 10.2. The molecule has 4 nitrogen and oxygen atoms in total. The second-order valence-corrected chi connectivity index (χ2v) is 5.35. The lowest BCUT2D eigenvalue weighted by molar-refractivity contribution is 0.0257. The Hall–Kier alpha value is -0.840. The molecular formula is C12H23FN2O2. The van der Waals surface area contributed by atoms with Gasteiger partial charge in [0.2, 0.25) is 0 Å². The average Bonchev–Trinajstić information content (AvgIpc) is 2.41. The van der Waals surface area contributed by atoms with E-state index in [1.165, 1.54) is 0 Å². The normalized spacial score (nSPS) is 18.9. The first kappa shape index (κ1) is 14.2. The van der Waals surface area contributed by atoms with Gasteiger partial charge in [-0.3, -0.25) is 4.90 Å². The molecular weight excluding hydrogens is 223 g/mol. The van der Waals surface area contributed by atoms with E-state index in [4.69, 9.17) is 4.74 Å². The van der Waals surface area contributed by atoms with Gasteiger partial charge in [0.1, 0.15) is 12.3 Å². The number of hydrogen-bond donors (Lipinski definition) is 0. The summed E-state index contributed by atoms with van der Waals surface area (Å²) in [5, 5.41) is 0. The lowest BCUT2D eigenvalue weighted by Crippen LogP contribution is -2.39. The van der Waals surface area contributed by atoms with Crippen molar-refractivity contribution < 1.29 is 13.9 Å². The zero-order chi connectivity index (χ0) is 12.9. The Kier molecular flexibility index (Phi) is 5.18. The number of carbonyl (C=O) groups is 1. The molecule has 0 bridgehead atoms. The van der Waals surface area contributed by atoms with Gasteiger partial charge in [-0.25, -0.2) is 9.18 Å². The summed E-state index contributed by atoms with van der Waals surface area (Å²) in [6.45, 7) is 8.60. The van der Waals surface area contributed by atoms with Crippen LogP contribution in [0.5, 0.6) is 0 Å². The van der Waals surface area contributed by atoms with Crippen LogP contribution >= 0.6 is 0 Å². The van der Waals surface area contributed by atoms with Crippen molar-refractivity contribution in [2.75, 3.05) is 39.4 Å². The molecule has 0 radical (unpaired) electrons. The van der Waals surface area contributed by atoms with Gasteiger partial charge in [-0.05, 0) is 33.7 Å². The molecule has 0 atom stereocenters. The number of amides is 1. The monoisotopic (exact) mass is 246 g/mol. The molecule has 5 heteroatoms. The number of carbonyl (C=O) groups excluding carboxylic acids is 1. The predicted octanol–water partition coefficient (Wildman–Crippen LogP) is 1.90. The van der Waals surface area contributed by atoms with Gasteiger partial charge in [0, 0.05) is 26.2 Å². The van der Waals surface area contributed by atoms with Crippen molar-refractivity contribution in [2.45, 2.75) is 32.8 Å². The van der Waals surface area contributed by atoms with E-state index in [1.54, 1.807) is 4.90 Å². The Balaban J connectivity index is 2.43. The molecule has 1 aliphatic heterocycles. The third-order valence-corrected chi connectivity index (χ3v) is 2.64. The summed E-state index contributed by atoms with van der Waals surface area (Å²) in [7, 11) is 0. The molecule has 1 aliphatic rings. The van der Waals surface area contributed by atoms with Crippen molar-refractivity contribution in [3.8, 4) is 0 Å². The van der Waals surface area contributed by atoms with E-state index < -0.39 is 5.60 Å². The number of ether oxygens (including phenoxy) is 1. The maximum Gasteiger partial charge on any atom is 0.410 e. The minimum Gasteiger partial charge on any atom is -0.444 e. The summed E-state index contributed by atoms with van der Waals surface area (Å²) in [5.41, 5.74) is -0.456. The summed E-state index contributed by atoms with van der Waals surface area (Å²) in [4.78, 5) is 15.6. The van der Waals surface area contributed by atoms with Gasteiger partial charge >= 0.3 is 6.09 Å². The molecule has 0 aromatic carbocycles. The van der Waals surface area contributed by atoms with Crippen molar-refractivity contribution in [3.05, 3.63) is 0 Å². The van der Waals surface area contributed by atoms with Gasteiger partial charge in [-0.15, -0.1) is 0 Å². The number of rotatable bonds is 2. The van der Waals surface area contributed by atoms with E-state index in [-0.39, 0.29) is 12.8 Å². The standard InChI is InChI=1S/C12H23FN2O2/c1-12(2,3)17-11(16)15-7-4-6-14(8-5-13)9-10-15/h4-10H2,1-3H3. The first-order chi connectivity index (χ1) is 7.92. The zero-order valence-electron chi connectivity index (χ0n) is 11.0. The average molecular weight is 246 g/mol. The van der Waals surface area contributed by atoms with Crippen molar-refractivity contribution in [1.29, 1.82) is 0 Å². The van der Waals surface area contributed by atoms with E-state index in [1.807, 2.05) is 25.7 Å².